The van der Waals surface area contributed by atoms with Crippen LogP contribution in [-0.4, -0.2) is 48.0 Å². The summed E-state index contributed by atoms with van der Waals surface area (Å²) >= 11 is 18.1. The molecule has 4 rings (SSSR count). The molecule has 0 fully saturated rings. The van der Waals surface area contributed by atoms with E-state index in [-0.39, 0.29) is 23.1 Å². The van der Waals surface area contributed by atoms with Gasteiger partial charge in [0.2, 0.25) is 17.2 Å². The number of ether oxygens (including phenoxy) is 1. The van der Waals surface area contributed by atoms with E-state index in [0.29, 0.717) is 39.9 Å². The van der Waals surface area contributed by atoms with Gasteiger partial charge in [-0.3, -0.25) is 4.57 Å². The van der Waals surface area contributed by atoms with Crippen molar-refractivity contribution in [3.8, 4) is 23.8 Å². The van der Waals surface area contributed by atoms with Crippen molar-refractivity contribution >= 4 is 46.7 Å². The van der Waals surface area contributed by atoms with Crippen molar-refractivity contribution in [1.82, 2.24) is 29.3 Å². The summed E-state index contributed by atoms with van der Waals surface area (Å²) < 4.78 is 8.34. The molecule has 2 aromatic heterocycles. The molecule has 3 heterocycles. The van der Waals surface area contributed by atoms with Crippen LogP contribution >= 0.6 is 34.8 Å². The Morgan fingerprint density at radius 3 is 2.49 bits per heavy atom. The van der Waals surface area contributed by atoms with Crippen LogP contribution in [0.25, 0.3) is 5.69 Å². The number of terminal acetylenes is 1. The topological polar surface area (TPSA) is 112 Å². The van der Waals surface area contributed by atoms with E-state index >= 15 is 0 Å². The van der Waals surface area contributed by atoms with Crippen molar-refractivity contribution in [2.24, 2.45) is 0 Å². The lowest BCUT2D eigenvalue weighted by Crippen LogP contribution is -2.27. The largest absolute Gasteiger partial charge is 0.479 e. The first-order valence-corrected chi connectivity index (χ1v) is 12.8. The van der Waals surface area contributed by atoms with Crippen LogP contribution in [0.4, 0.5) is 11.9 Å². The number of aryl methyl sites for hydroxylation is 1. The van der Waals surface area contributed by atoms with Crippen molar-refractivity contribution in [3.05, 3.63) is 43.8 Å². The maximum Gasteiger partial charge on any atom is 0.350 e. The molecule has 1 aliphatic rings. The number of rotatable bonds is 6. The number of hydrogen-bond donors (Lipinski definition) is 2. The summed E-state index contributed by atoms with van der Waals surface area (Å²) in [5, 5.41) is 11.3. The van der Waals surface area contributed by atoms with E-state index < -0.39 is 0 Å². The summed E-state index contributed by atoms with van der Waals surface area (Å²) in [6, 6.07) is 3.11. The van der Waals surface area contributed by atoms with Crippen LogP contribution in [0.3, 0.4) is 0 Å². The first kappa shape index (κ1) is 28.6. The van der Waals surface area contributed by atoms with Crippen LogP contribution in [0.15, 0.2) is 16.9 Å². The molecular weight excluding hydrogens is 539 g/mol. The lowest BCUT2D eigenvalue weighted by atomic mass is 10.1. The third-order valence-electron chi connectivity index (χ3n) is 4.94. The number of aromatic nitrogens is 6. The van der Waals surface area contributed by atoms with Gasteiger partial charge in [-0.15, -0.1) is 11.5 Å². The molecule has 37 heavy (non-hydrogen) atoms. The van der Waals surface area contributed by atoms with Gasteiger partial charge in [-0.2, -0.15) is 19.6 Å². The van der Waals surface area contributed by atoms with Gasteiger partial charge in [0.1, 0.15) is 18.2 Å². The smallest absolute Gasteiger partial charge is 0.350 e. The second kappa shape index (κ2) is 12.5. The molecule has 0 spiro atoms. The van der Waals surface area contributed by atoms with Gasteiger partial charge in [0.25, 0.3) is 0 Å². The van der Waals surface area contributed by atoms with E-state index in [4.69, 9.17) is 46.0 Å². The monoisotopic (exact) mass is 566 g/mol. The molecule has 0 saturated carbocycles. The van der Waals surface area contributed by atoms with E-state index in [1.807, 2.05) is 27.7 Å². The maximum absolute atomic E-state index is 12.5. The molecule has 0 saturated heterocycles. The molecule has 0 amide bonds. The molecule has 3 aromatic rings. The lowest BCUT2D eigenvalue weighted by Gasteiger charge is -2.20. The van der Waals surface area contributed by atoms with Crippen LogP contribution in [-0.2, 0) is 13.0 Å². The number of halogens is 3. The molecule has 0 radical (unpaired) electrons. The van der Waals surface area contributed by atoms with Crippen LogP contribution in [0.2, 0.25) is 15.3 Å². The highest BCUT2D eigenvalue weighted by Crippen LogP contribution is 2.32. The molecule has 0 atom stereocenters. The minimum Gasteiger partial charge on any atom is -0.479 e. The number of nitrogens with one attached hydrogen (secondary N) is 2. The SMILES string of the molecule is C#CCOc1cc(-n2nc3n(c2=O)CCCC3)c(Cl)cc1Cl.CCNc1nc(Cl)nc(NC(C)(C)C)n1. The number of anilines is 2. The molecule has 198 valence electrons. The Balaban J connectivity index is 0.000000222. The molecule has 0 aliphatic carbocycles. The fourth-order valence-electron chi connectivity index (χ4n) is 3.45. The molecule has 2 N–H and O–H groups in total. The highest BCUT2D eigenvalue weighted by molar-refractivity contribution is 6.36. The highest BCUT2D eigenvalue weighted by Gasteiger charge is 2.20. The molecule has 0 unspecified atom stereocenters. The van der Waals surface area contributed by atoms with Crippen LogP contribution in [0.5, 0.6) is 5.75 Å². The predicted octanol–water partition coefficient (Wildman–Crippen LogP) is 4.86. The van der Waals surface area contributed by atoms with Crippen molar-refractivity contribution in [3.63, 3.8) is 0 Å². The van der Waals surface area contributed by atoms with Gasteiger partial charge in [0.05, 0.1) is 15.7 Å². The van der Waals surface area contributed by atoms with Gasteiger partial charge in [-0.25, -0.2) is 4.79 Å². The minimum absolute atomic E-state index is 0.0788. The Morgan fingerprint density at radius 1 is 1.11 bits per heavy atom. The van der Waals surface area contributed by atoms with Crippen molar-refractivity contribution in [2.75, 3.05) is 23.8 Å². The van der Waals surface area contributed by atoms with E-state index in [1.54, 1.807) is 10.6 Å². The number of fused-ring (bicyclic) bond motifs is 1. The normalized spacial score (nSPS) is 12.6. The molecule has 0 bridgehead atoms. The quantitative estimate of drug-likeness (QED) is 0.406. The second-order valence-electron chi connectivity index (χ2n) is 9.10. The standard InChI is InChI=1S/C15H13Cl2N3O2.C9H16ClN5/c1-2-7-22-13-9-12(10(16)8-11(13)17)20-15(21)19-6-4-3-5-14(19)18-20;1-5-11-7-12-6(10)13-8(14-7)15-9(2,3)4/h1,8-9H,3-7H2;5H2,1-4H3,(H2,11,12,13,14,15). The van der Waals surface area contributed by atoms with E-state index in [1.165, 1.54) is 10.7 Å². The maximum atomic E-state index is 12.5. The summed E-state index contributed by atoms with van der Waals surface area (Å²) in [6.45, 7) is 9.55. The van der Waals surface area contributed by atoms with Gasteiger partial charge in [0.15, 0.2) is 0 Å². The van der Waals surface area contributed by atoms with Crippen molar-refractivity contribution in [1.29, 1.82) is 0 Å². The van der Waals surface area contributed by atoms with E-state index in [9.17, 15) is 4.79 Å². The third kappa shape index (κ3) is 7.74. The van der Waals surface area contributed by atoms with Crippen molar-refractivity contribution in [2.45, 2.75) is 59.0 Å². The number of hydrogen-bond acceptors (Lipinski definition) is 8. The summed E-state index contributed by atoms with van der Waals surface area (Å²) in [6.07, 6.45) is 7.97. The average molecular weight is 568 g/mol. The van der Waals surface area contributed by atoms with Crippen LogP contribution < -0.4 is 21.1 Å². The summed E-state index contributed by atoms with van der Waals surface area (Å²) in [5.74, 6) is 4.48. The van der Waals surface area contributed by atoms with E-state index in [0.717, 1.165) is 31.6 Å². The van der Waals surface area contributed by atoms with Gasteiger partial charge in [-0.05, 0) is 58.2 Å². The Kier molecular flexibility index (Phi) is 9.65. The zero-order chi connectivity index (χ0) is 27.2. The Bertz CT molecular complexity index is 1340. The summed E-state index contributed by atoms with van der Waals surface area (Å²) in [5.41, 5.74) is 0.126. The Hall–Kier alpha value is -3.00. The Morgan fingerprint density at radius 2 is 1.84 bits per heavy atom. The molecule has 1 aliphatic heterocycles. The number of benzene rings is 1. The van der Waals surface area contributed by atoms with Gasteiger partial charge in [0, 0.05) is 31.1 Å². The highest BCUT2D eigenvalue weighted by atomic mass is 35.5. The molecular formula is C24H29Cl3N8O2. The fourth-order valence-corrected chi connectivity index (χ4v) is 4.12. The van der Waals surface area contributed by atoms with Crippen LogP contribution in [0, 0.1) is 12.3 Å². The number of nitrogens with zero attached hydrogens (tertiary/aromatic N) is 6. The van der Waals surface area contributed by atoms with Crippen molar-refractivity contribution < 1.29 is 4.74 Å². The third-order valence-corrected chi connectivity index (χ3v) is 5.71. The average Bonchev–Trinajstić information content (AvgIpc) is 3.14. The van der Waals surface area contributed by atoms with Gasteiger partial charge < -0.3 is 15.4 Å². The first-order valence-electron chi connectivity index (χ1n) is 11.7. The summed E-state index contributed by atoms with van der Waals surface area (Å²) in [4.78, 5) is 24.6. The van der Waals surface area contributed by atoms with Gasteiger partial charge >= 0.3 is 5.69 Å². The fraction of sp³-hybridized carbons (Fsp3) is 0.458. The minimum atomic E-state index is -0.207. The Labute approximate surface area is 230 Å². The lowest BCUT2D eigenvalue weighted by molar-refractivity contribution is 0.370. The van der Waals surface area contributed by atoms with E-state index in [2.05, 4.69) is 36.6 Å². The van der Waals surface area contributed by atoms with Gasteiger partial charge in [-0.1, -0.05) is 29.1 Å². The second-order valence-corrected chi connectivity index (χ2v) is 10.3. The first-order chi connectivity index (χ1) is 17.5. The molecule has 13 heteroatoms. The summed E-state index contributed by atoms with van der Waals surface area (Å²) in [7, 11) is 0. The molecule has 1 aromatic carbocycles. The zero-order valence-corrected chi connectivity index (χ0v) is 23.4. The molecule has 10 nitrogen and oxygen atoms in total. The predicted molar refractivity (Wildman–Crippen MR) is 147 cm³/mol. The van der Waals surface area contributed by atoms with Crippen LogP contribution in [0.1, 0.15) is 46.4 Å². The zero-order valence-electron chi connectivity index (χ0n) is 21.1.